The maximum Gasteiger partial charge on any atom is 0.338 e. The van der Waals surface area contributed by atoms with Crippen molar-refractivity contribution < 1.29 is 23.8 Å². The summed E-state index contributed by atoms with van der Waals surface area (Å²) in [5, 5.41) is 2.71. The molecule has 160 valence electrons. The van der Waals surface area contributed by atoms with E-state index in [4.69, 9.17) is 14.2 Å². The van der Waals surface area contributed by atoms with E-state index in [2.05, 4.69) is 9.88 Å². The van der Waals surface area contributed by atoms with Crippen LogP contribution < -0.4 is 14.8 Å². The zero-order valence-electron chi connectivity index (χ0n) is 17.5. The Balaban J connectivity index is 1.25. The number of para-hydroxylation sites is 2. The van der Waals surface area contributed by atoms with Crippen LogP contribution in [0.5, 0.6) is 11.5 Å². The fourth-order valence-corrected chi connectivity index (χ4v) is 3.48. The van der Waals surface area contributed by atoms with Gasteiger partial charge < -0.3 is 24.1 Å². The molecule has 31 heavy (non-hydrogen) atoms. The molecule has 3 aromatic rings. The minimum atomic E-state index is -0.547. The van der Waals surface area contributed by atoms with E-state index in [1.807, 2.05) is 62.4 Å². The quantitative estimate of drug-likeness (QED) is 0.620. The molecule has 2 aromatic carbocycles. The molecule has 1 N–H and O–H groups in total. The molecular formula is C24H24N2O5. The first-order valence-electron chi connectivity index (χ1n) is 10.1. The van der Waals surface area contributed by atoms with E-state index in [9.17, 15) is 9.59 Å². The van der Waals surface area contributed by atoms with Crippen LogP contribution in [-0.4, -0.2) is 42.3 Å². The van der Waals surface area contributed by atoms with Crippen LogP contribution >= 0.6 is 0 Å². The summed E-state index contributed by atoms with van der Waals surface area (Å²) in [7, 11) is 0. The molecule has 0 saturated heterocycles. The lowest BCUT2D eigenvalue weighted by Gasteiger charge is -2.26. The molecule has 0 bridgehead atoms. The average Bonchev–Trinajstić information content (AvgIpc) is 3.13. The van der Waals surface area contributed by atoms with Crippen LogP contribution in [0.15, 0.2) is 60.7 Å². The second-order valence-electron chi connectivity index (χ2n) is 7.38. The molecule has 0 spiro atoms. The number of benzene rings is 2. The van der Waals surface area contributed by atoms with Crippen LogP contribution in [0.25, 0.3) is 5.69 Å². The van der Waals surface area contributed by atoms with Gasteiger partial charge in [0, 0.05) is 17.1 Å². The fourth-order valence-electron chi connectivity index (χ4n) is 3.48. The topological polar surface area (TPSA) is 78.8 Å². The molecule has 1 atom stereocenters. The number of nitrogens with zero attached hydrogens (tertiary/aromatic N) is 1. The van der Waals surface area contributed by atoms with Crippen LogP contribution in [0.1, 0.15) is 21.7 Å². The summed E-state index contributed by atoms with van der Waals surface area (Å²) in [6.07, 6.45) is -0.303. The van der Waals surface area contributed by atoms with E-state index in [1.165, 1.54) is 0 Å². The molecule has 4 rings (SSSR count). The smallest absolute Gasteiger partial charge is 0.338 e. The van der Waals surface area contributed by atoms with Crippen molar-refractivity contribution in [1.29, 1.82) is 0 Å². The van der Waals surface area contributed by atoms with Gasteiger partial charge in [0.05, 0.1) is 12.1 Å². The highest BCUT2D eigenvalue weighted by Crippen LogP contribution is 2.30. The van der Waals surface area contributed by atoms with Crippen molar-refractivity contribution in [2.45, 2.75) is 20.0 Å². The first-order chi connectivity index (χ1) is 15.0. The van der Waals surface area contributed by atoms with Gasteiger partial charge in [0.2, 0.25) is 0 Å². The summed E-state index contributed by atoms with van der Waals surface area (Å²) in [6, 6.07) is 18.6. The maximum atomic E-state index is 12.3. The lowest BCUT2D eigenvalue weighted by molar-refractivity contribution is -0.124. The number of amides is 1. The molecule has 1 aliphatic heterocycles. The number of hydrogen-bond acceptors (Lipinski definition) is 5. The number of aromatic nitrogens is 1. The Hall–Kier alpha value is -3.74. The maximum absolute atomic E-state index is 12.3. The number of ether oxygens (including phenoxy) is 3. The number of carbonyl (C=O) groups is 2. The Kier molecular flexibility index (Phi) is 5.93. The molecule has 0 unspecified atom stereocenters. The van der Waals surface area contributed by atoms with E-state index in [0.717, 1.165) is 17.1 Å². The van der Waals surface area contributed by atoms with Gasteiger partial charge in [-0.2, -0.15) is 0 Å². The molecule has 7 nitrogen and oxygen atoms in total. The summed E-state index contributed by atoms with van der Waals surface area (Å²) in [5.74, 6) is 0.389. The SMILES string of the molecule is Cc1ccc(C)n1-c1ccc(C(=O)OCC(=O)NC[C@H]2COc3ccccc3O2)cc1. The highest BCUT2D eigenvalue weighted by molar-refractivity contribution is 5.91. The highest BCUT2D eigenvalue weighted by Gasteiger charge is 2.21. The Labute approximate surface area is 180 Å². The van der Waals surface area contributed by atoms with Gasteiger partial charge in [-0.3, -0.25) is 4.79 Å². The van der Waals surface area contributed by atoms with Gasteiger partial charge in [0.25, 0.3) is 5.91 Å². The van der Waals surface area contributed by atoms with E-state index in [-0.39, 0.29) is 19.3 Å². The number of nitrogens with one attached hydrogen (secondary N) is 1. The highest BCUT2D eigenvalue weighted by atomic mass is 16.6. The Morgan fingerprint density at radius 2 is 1.68 bits per heavy atom. The van der Waals surface area contributed by atoms with E-state index in [1.54, 1.807) is 12.1 Å². The zero-order chi connectivity index (χ0) is 21.8. The van der Waals surface area contributed by atoms with Gasteiger partial charge in [-0.1, -0.05) is 12.1 Å². The number of hydrogen-bond donors (Lipinski definition) is 1. The lowest BCUT2D eigenvalue weighted by Crippen LogP contribution is -2.42. The van der Waals surface area contributed by atoms with Crippen molar-refractivity contribution in [2.75, 3.05) is 19.8 Å². The first kappa shape index (κ1) is 20.5. The Bertz CT molecular complexity index is 1070. The molecule has 0 saturated carbocycles. The second kappa shape index (κ2) is 8.95. The third-order valence-electron chi connectivity index (χ3n) is 5.06. The fraction of sp³-hybridized carbons (Fsp3) is 0.250. The summed E-state index contributed by atoms with van der Waals surface area (Å²) in [6.45, 7) is 4.29. The molecule has 1 aliphatic rings. The molecule has 1 amide bonds. The zero-order valence-corrected chi connectivity index (χ0v) is 17.5. The van der Waals surface area contributed by atoms with Gasteiger partial charge in [0.1, 0.15) is 12.7 Å². The second-order valence-corrected chi connectivity index (χ2v) is 7.38. The van der Waals surface area contributed by atoms with E-state index < -0.39 is 11.9 Å². The predicted octanol–water partition coefficient (Wildman–Crippen LogP) is 3.21. The van der Waals surface area contributed by atoms with Crippen LogP contribution in [0.4, 0.5) is 0 Å². The van der Waals surface area contributed by atoms with Crippen molar-refractivity contribution in [3.63, 3.8) is 0 Å². The number of rotatable bonds is 6. The molecule has 0 radical (unpaired) electrons. The van der Waals surface area contributed by atoms with Gasteiger partial charge in [0.15, 0.2) is 18.1 Å². The van der Waals surface area contributed by atoms with Crippen molar-refractivity contribution in [3.05, 3.63) is 77.6 Å². The van der Waals surface area contributed by atoms with Gasteiger partial charge in [-0.15, -0.1) is 0 Å². The Morgan fingerprint density at radius 1 is 1.00 bits per heavy atom. The minimum Gasteiger partial charge on any atom is -0.486 e. The van der Waals surface area contributed by atoms with Crippen LogP contribution in [0, 0.1) is 13.8 Å². The lowest BCUT2D eigenvalue weighted by atomic mass is 10.2. The molecule has 0 aliphatic carbocycles. The summed E-state index contributed by atoms with van der Waals surface area (Å²) < 4.78 is 18.6. The normalized spacial score (nSPS) is 14.7. The van der Waals surface area contributed by atoms with Crippen LogP contribution in [-0.2, 0) is 9.53 Å². The first-order valence-corrected chi connectivity index (χ1v) is 10.1. The van der Waals surface area contributed by atoms with Gasteiger partial charge in [-0.25, -0.2) is 4.79 Å². The van der Waals surface area contributed by atoms with E-state index in [0.29, 0.717) is 23.7 Å². The summed E-state index contributed by atoms with van der Waals surface area (Å²) in [4.78, 5) is 24.3. The molecule has 7 heteroatoms. The molecular weight excluding hydrogens is 396 g/mol. The van der Waals surface area contributed by atoms with Crippen molar-refractivity contribution in [2.24, 2.45) is 0 Å². The average molecular weight is 420 g/mol. The third-order valence-corrected chi connectivity index (χ3v) is 5.06. The van der Waals surface area contributed by atoms with E-state index >= 15 is 0 Å². The molecule has 2 heterocycles. The summed E-state index contributed by atoms with van der Waals surface area (Å²) in [5.41, 5.74) is 3.57. The monoisotopic (exact) mass is 420 g/mol. The predicted molar refractivity (Wildman–Crippen MR) is 115 cm³/mol. The van der Waals surface area contributed by atoms with Gasteiger partial charge in [-0.05, 0) is 62.4 Å². The van der Waals surface area contributed by atoms with Crippen molar-refractivity contribution >= 4 is 11.9 Å². The third kappa shape index (κ3) is 4.71. The molecule has 1 aromatic heterocycles. The number of esters is 1. The largest absolute Gasteiger partial charge is 0.486 e. The molecule has 0 fully saturated rings. The minimum absolute atomic E-state index is 0.259. The number of carbonyl (C=O) groups excluding carboxylic acids is 2. The summed E-state index contributed by atoms with van der Waals surface area (Å²) >= 11 is 0. The van der Waals surface area contributed by atoms with Crippen molar-refractivity contribution in [1.82, 2.24) is 9.88 Å². The van der Waals surface area contributed by atoms with Crippen molar-refractivity contribution in [3.8, 4) is 17.2 Å². The van der Waals surface area contributed by atoms with Gasteiger partial charge >= 0.3 is 5.97 Å². The number of fused-ring (bicyclic) bond motifs is 1. The standard InChI is InChI=1S/C24H24N2O5/c1-16-7-8-17(2)26(16)19-11-9-18(10-12-19)24(28)30-15-23(27)25-13-20-14-29-21-5-3-4-6-22(21)31-20/h3-12,20H,13-15H2,1-2H3,(H,25,27)/t20-/m0/s1. The Morgan fingerprint density at radius 3 is 2.39 bits per heavy atom. The number of aryl methyl sites for hydroxylation is 2. The van der Waals surface area contributed by atoms with Crippen LogP contribution in [0.2, 0.25) is 0 Å². The van der Waals surface area contributed by atoms with Crippen LogP contribution in [0.3, 0.4) is 0 Å².